The van der Waals surface area contributed by atoms with E-state index in [9.17, 15) is 13.2 Å². The molecule has 0 spiro atoms. The molecule has 0 saturated carbocycles. The average molecular weight is 507 g/mol. The molecule has 1 fully saturated rings. The standard InChI is InChI=1S/C26H26N4O3S2/c1-18-14-23-24(15-19(18)2)34-26(28-23)30(17-20-6-5-11-27-16-20)25(31)21-7-9-22(10-8-21)35(32,33)29-12-3-4-13-29/h5-11,14-16H,3-4,12-13,17H2,1-2H3. The van der Waals surface area contributed by atoms with Crippen LogP contribution in [0.4, 0.5) is 5.13 Å². The van der Waals surface area contributed by atoms with Gasteiger partial charge in [-0.15, -0.1) is 0 Å². The Balaban J connectivity index is 1.49. The number of hydrogen-bond acceptors (Lipinski definition) is 6. The lowest BCUT2D eigenvalue weighted by Gasteiger charge is -2.20. The smallest absolute Gasteiger partial charge is 0.260 e. The molecule has 3 heterocycles. The van der Waals surface area contributed by atoms with Crippen LogP contribution in [0.1, 0.15) is 39.9 Å². The van der Waals surface area contributed by atoms with Gasteiger partial charge >= 0.3 is 0 Å². The topological polar surface area (TPSA) is 83.5 Å². The number of benzene rings is 2. The van der Waals surface area contributed by atoms with Crippen molar-refractivity contribution in [1.29, 1.82) is 0 Å². The fourth-order valence-corrected chi connectivity index (χ4v) is 6.75. The van der Waals surface area contributed by atoms with Crippen LogP contribution in [0.3, 0.4) is 0 Å². The summed E-state index contributed by atoms with van der Waals surface area (Å²) in [6, 6.07) is 14.1. The normalized spacial score (nSPS) is 14.5. The zero-order valence-electron chi connectivity index (χ0n) is 19.6. The van der Waals surface area contributed by atoms with Crippen LogP contribution in [0.5, 0.6) is 0 Å². The highest BCUT2D eigenvalue weighted by Crippen LogP contribution is 2.32. The van der Waals surface area contributed by atoms with E-state index >= 15 is 0 Å². The molecular weight excluding hydrogens is 480 g/mol. The van der Waals surface area contributed by atoms with Crippen molar-refractivity contribution in [2.45, 2.75) is 38.1 Å². The summed E-state index contributed by atoms with van der Waals surface area (Å²) in [6.45, 7) is 5.49. The first-order valence-corrected chi connectivity index (χ1v) is 13.8. The minimum absolute atomic E-state index is 0.209. The minimum atomic E-state index is -3.54. The second-order valence-electron chi connectivity index (χ2n) is 8.79. The number of sulfonamides is 1. The van der Waals surface area contributed by atoms with Gasteiger partial charge in [0.25, 0.3) is 5.91 Å². The number of rotatable bonds is 6. The highest BCUT2D eigenvalue weighted by molar-refractivity contribution is 7.89. The van der Waals surface area contributed by atoms with E-state index < -0.39 is 10.0 Å². The van der Waals surface area contributed by atoms with Gasteiger partial charge in [0.1, 0.15) is 0 Å². The molecule has 0 unspecified atom stereocenters. The van der Waals surface area contributed by atoms with Crippen molar-refractivity contribution in [3.63, 3.8) is 0 Å². The molecule has 35 heavy (non-hydrogen) atoms. The molecule has 5 rings (SSSR count). The van der Waals surface area contributed by atoms with Crippen molar-refractivity contribution in [2.24, 2.45) is 0 Å². The van der Waals surface area contributed by atoms with Crippen molar-refractivity contribution in [3.8, 4) is 0 Å². The summed E-state index contributed by atoms with van der Waals surface area (Å²) in [7, 11) is -3.54. The molecule has 9 heteroatoms. The van der Waals surface area contributed by atoms with Crippen molar-refractivity contribution in [2.75, 3.05) is 18.0 Å². The van der Waals surface area contributed by atoms with E-state index in [0.717, 1.165) is 34.2 Å². The highest BCUT2D eigenvalue weighted by atomic mass is 32.2. The molecule has 0 atom stereocenters. The van der Waals surface area contributed by atoms with Crippen LogP contribution in [-0.4, -0.2) is 41.7 Å². The summed E-state index contributed by atoms with van der Waals surface area (Å²) in [5, 5.41) is 0.590. The van der Waals surface area contributed by atoms with E-state index in [-0.39, 0.29) is 10.8 Å². The van der Waals surface area contributed by atoms with E-state index in [0.29, 0.717) is 30.3 Å². The zero-order valence-corrected chi connectivity index (χ0v) is 21.3. The molecule has 0 bridgehead atoms. The molecule has 1 amide bonds. The minimum Gasteiger partial charge on any atom is -0.279 e. The Kier molecular flexibility index (Phi) is 6.39. The van der Waals surface area contributed by atoms with Crippen molar-refractivity contribution >= 4 is 42.6 Å². The van der Waals surface area contributed by atoms with Crippen molar-refractivity contribution in [1.82, 2.24) is 14.3 Å². The molecule has 1 aliphatic rings. The fraction of sp³-hybridized carbons (Fsp3) is 0.269. The molecule has 2 aromatic heterocycles. The molecule has 7 nitrogen and oxygen atoms in total. The van der Waals surface area contributed by atoms with Gasteiger partial charge in [-0.25, -0.2) is 13.4 Å². The van der Waals surface area contributed by atoms with Gasteiger partial charge in [-0.05, 0) is 85.8 Å². The van der Waals surface area contributed by atoms with E-state index in [4.69, 9.17) is 4.98 Å². The lowest BCUT2D eigenvalue weighted by Crippen LogP contribution is -2.30. The van der Waals surface area contributed by atoms with Gasteiger partial charge in [0, 0.05) is 31.0 Å². The quantitative estimate of drug-likeness (QED) is 0.370. The first kappa shape index (κ1) is 23.6. The van der Waals surface area contributed by atoms with Crippen LogP contribution in [0.2, 0.25) is 0 Å². The second kappa shape index (κ2) is 9.49. The number of fused-ring (bicyclic) bond motifs is 1. The van der Waals surface area contributed by atoms with E-state index in [1.165, 1.54) is 33.3 Å². The molecule has 1 saturated heterocycles. The van der Waals surface area contributed by atoms with Crippen LogP contribution in [0, 0.1) is 13.8 Å². The molecule has 1 aliphatic heterocycles. The predicted octanol–water partition coefficient (Wildman–Crippen LogP) is 4.94. The Morgan fingerprint density at radius 3 is 2.46 bits per heavy atom. The number of aryl methyl sites for hydroxylation is 2. The number of pyridine rings is 1. The maximum Gasteiger partial charge on any atom is 0.260 e. The predicted molar refractivity (Wildman–Crippen MR) is 138 cm³/mol. The summed E-state index contributed by atoms with van der Waals surface area (Å²) in [5.74, 6) is -0.244. The summed E-state index contributed by atoms with van der Waals surface area (Å²) in [5.41, 5.74) is 4.45. The van der Waals surface area contributed by atoms with Crippen LogP contribution >= 0.6 is 11.3 Å². The van der Waals surface area contributed by atoms with Gasteiger partial charge in [-0.3, -0.25) is 14.7 Å². The van der Waals surface area contributed by atoms with Gasteiger partial charge in [0.05, 0.1) is 21.7 Å². The number of amides is 1. The number of carbonyl (C=O) groups excluding carboxylic acids is 1. The zero-order chi connectivity index (χ0) is 24.6. The van der Waals surface area contributed by atoms with Crippen LogP contribution in [0.15, 0.2) is 65.8 Å². The van der Waals surface area contributed by atoms with Gasteiger partial charge in [0.2, 0.25) is 10.0 Å². The number of carbonyl (C=O) groups is 1. The van der Waals surface area contributed by atoms with Gasteiger partial charge in [-0.2, -0.15) is 4.31 Å². The Morgan fingerprint density at radius 2 is 1.77 bits per heavy atom. The highest BCUT2D eigenvalue weighted by Gasteiger charge is 2.28. The molecule has 4 aromatic rings. The molecule has 180 valence electrons. The summed E-state index contributed by atoms with van der Waals surface area (Å²) in [6.07, 6.45) is 5.17. The Hall–Kier alpha value is -3.14. The molecule has 2 aromatic carbocycles. The molecular formula is C26H26N4O3S2. The third kappa shape index (κ3) is 4.71. The Morgan fingerprint density at radius 1 is 1.06 bits per heavy atom. The second-order valence-corrected chi connectivity index (χ2v) is 11.7. The SMILES string of the molecule is Cc1cc2nc(N(Cc3cccnc3)C(=O)c3ccc(S(=O)(=O)N4CCCC4)cc3)sc2cc1C. The van der Waals surface area contributed by atoms with Crippen LogP contribution in [-0.2, 0) is 16.6 Å². The van der Waals surface area contributed by atoms with Crippen molar-refractivity contribution in [3.05, 3.63) is 83.2 Å². The monoisotopic (exact) mass is 506 g/mol. The summed E-state index contributed by atoms with van der Waals surface area (Å²) in [4.78, 5) is 24.5. The maximum atomic E-state index is 13.7. The number of hydrogen-bond donors (Lipinski definition) is 0. The average Bonchev–Trinajstić information content (AvgIpc) is 3.54. The van der Waals surface area contributed by atoms with Gasteiger partial charge in [0.15, 0.2) is 5.13 Å². The Labute approximate surface area is 209 Å². The number of thiazole rings is 1. The van der Waals surface area contributed by atoms with Crippen LogP contribution in [0.25, 0.3) is 10.2 Å². The fourth-order valence-electron chi connectivity index (χ4n) is 4.19. The van der Waals surface area contributed by atoms with Crippen LogP contribution < -0.4 is 4.90 Å². The lowest BCUT2D eigenvalue weighted by molar-refractivity contribution is 0.0985. The summed E-state index contributed by atoms with van der Waals surface area (Å²) >= 11 is 1.47. The third-order valence-corrected chi connectivity index (χ3v) is 9.29. The maximum absolute atomic E-state index is 13.7. The molecule has 0 N–H and O–H groups in total. The number of nitrogens with zero attached hydrogens (tertiary/aromatic N) is 4. The van der Waals surface area contributed by atoms with E-state index in [2.05, 4.69) is 18.0 Å². The van der Waals surface area contributed by atoms with Gasteiger partial charge < -0.3 is 0 Å². The molecule has 0 radical (unpaired) electrons. The largest absolute Gasteiger partial charge is 0.279 e. The van der Waals surface area contributed by atoms with E-state index in [1.54, 1.807) is 29.4 Å². The Bertz CT molecular complexity index is 1440. The molecule has 0 aliphatic carbocycles. The number of aromatic nitrogens is 2. The third-order valence-electron chi connectivity index (χ3n) is 6.34. The number of anilines is 1. The summed E-state index contributed by atoms with van der Waals surface area (Å²) < 4.78 is 28.3. The van der Waals surface area contributed by atoms with Crippen molar-refractivity contribution < 1.29 is 13.2 Å². The first-order valence-electron chi connectivity index (χ1n) is 11.5. The lowest BCUT2D eigenvalue weighted by atomic mass is 10.1. The van der Waals surface area contributed by atoms with E-state index in [1.807, 2.05) is 25.1 Å². The first-order chi connectivity index (χ1) is 16.8. The van der Waals surface area contributed by atoms with Gasteiger partial charge in [-0.1, -0.05) is 17.4 Å².